The van der Waals surface area contributed by atoms with Crippen molar-refractivity contribution in [3.63, 3.8) is 0 Å². The zero-order valence-electron chi connectivity index (χ0n) is 8.15. The summed E-state index contributed by atoms with van der Waals surface area (Å²) in [5.41, 5.74) is 5.86. The number of carbonyl (C=O) groups is 1. The summed E-state index contributed by atoms with van der Waals surface area (Å²) >= 11 is 0. The van der Waals surface area contributed by atoms with Crippen LogP contribution in [0.25, 0.3) is 0 Å². The van der Waals surface area contributed by atoms with Gasteiger partial charge in [0.15, 0.2) is 0 Å². The normalized spacial score (nSPS) is 8.00. The molecule has 74 valence electrons. The maximum atomic E-state index is 9.47. The molecule has 0 radical (unpaired) electrons. The fourth-order valence-electron chi connectivity index (χ4n) is 0.781. The largest absolute Gasteiger partial charge is 0.366 e. The fourth-order valence-corrected chi connectivity index (χ4v) is 0.781. The molecule has 0 aliphatic rings. The third-order valence-corrected chi connectivity index (χ3v) is 1.42. The van der Waals surface area contributed by atoms with Gasteiger partial charge in [0.1, 0.15) is 0 Å². The van der Waals surface area contributed by atoms with Crippen molar-refractivity contribution in [2.75, 3.05) is 0 Å². The second-order valence-electron chi connectivity index (χ2n) is 2.58. The quantitative estimate of drug-likeness (QED) is 0.574. The Labute approximate surface area is 84.7 Å². The van der Waals surface area contributed by atoms with Gasteiger partial charge in [0.05, 0.1) is 0 Å². The van der Waals surface area contributed by atoms with Crippen LogP contribution in [0, 0.1) is 0 Å². The fraction of sp³-hybridized carbons (Fsp3) is 0.0833. The number of carbonyl (C=O) groups excluding carboxylic acids is 1. The average Bonchev–Trinajstić information content (AvgIpc) is 2.21. The van der Waals surface area contributed by atoms with Crippen molar-refractivity contribution in [3.05, 3.63) is 61.2 Å². The molecule has 1 rings (SSSR count). The number of allylic oxidation sites excluding steroid dienone is 1. The molecule has 0 aliphatic carbocycles. The monoisotopic (exact) mass is 189 g/mol. The van der Waals surface area contributed by atoms with Crippen molar-refractivity contribution in [2.45, 2.75) is 6.42 Å². The van der Waals surface area contributed by atoms with Gasteiger partial charge in [0, 0.05) is 0 Å². The predicted molar refractivity (Wildman–Crippen MR) is 59.7 cm³/mol. The van der Waals surface area contributed by atoms with Crippen LogP contribution in [0.5, 0.6) is 0 Å². The molecule has 0 unspecified atom stereocenters. The van der Waals surface area contributed by atoms with Crippen LogP contribution < -0.4 is 5.73 Å². The van der Waals surface area contributed by atoms with Crippen molar-refractivity contribution >= 4 is 5.91 Å². The van der Waals surface area contributed by atoms with Crippen molar-refractivity contribution in [1.29, 1.82) is 0 Å². The van der Waals surface area contributed by atoms with Gasteiger partial charge in [-0.2, -0.15) is 0 Å². The smallest absolute Gasteiger partial charge is 0.240 e. The van der Waals surface area contributed by atoms with Gasteiger partial charge in [-0.15, -0.1) is 6.58 Å². The predicted octanol–water partition coefficient (Wildman–Crippen LogP) is 2.07. The van der Waals surface area contributed by atoms with E-state index in [9.17, 15) is 4.79 Å². The molecule has 0 aliphatic heterocycles. The highest BCUT2D eigenvalue weighted by atomic mass is 16.1. The lowest BCUT2D eigenvalue weighted by Gasteiger charge is -1.91. The first kappa shape index (κ1) is 12.2. The molecule has 1 amide bonds. The molecule has 2 nitrogen and oxygen atoms in total. The molecule has 0 spiro atoms. The molecule has 14 heavy (non-hydrogen) atoms. The van der Waals surface area contributed by atoms with Gasteiger partial charge >= 0.3 is 0 Å². The number of primary amides is 1. The molecule has 0 saturated carbocycles. The zero-order valence-corrected chi connectivity index (χ0v) is 8.15. The number of rotatable bonds is 3. The van der Waals surface area contributed by atoms with E-state index >= 15 is 0 Å². The highest BCUT2D eigenvalue weighted by Gasteiger charge is 1.82. The van der Waals surface area contributed by atoms with Crippen LogP contribution in [0.4, 0.5) is 0 Å². The first-order valence-corrected chi connectivity index (χ1v) is 4.27. The minimum absolute atomic E-state index is 0.481. The van der Waals surface area contributed by atoms with E-state index in [1.165, 1.54) is 5.56 Å². The maximum Gasteiger partial charge on any atom is 0.240 e. The van der Waals surface area contributed by atoms with Crippen LogP contribution in [-0.2, 0) is 11.2 Å². The standard InChI is InChI=1S/C9H10.C3H5NO/c1-2-6-9-7-4-3-5-8-9;1-2-3(4)5/h2-5,7-8H,1,6H2;2H,1H2,(H2,4,5). The van der Waals surface area contributed by atoms with Crippen molar-refractivity contribution in [3.8, 4) is 0 Å². The van der Waals surface area contributed by atoms with E-state index in [0.29, 0.717) is 0 Å². The topological polar surface area (TPSA) is 43.1 Å². The third-order valence-electron chi connectivity index (χ3n) is 1.42. The molecule has 0 saturated heterocycles. The summed E-state index contributed by atoms with van der Waals surface area (Å²) < 4.78 is 0. The highest BCUT2D eigenvalue weighted by Crippen LogP contribution is 1.98. The molecular weight excluding hydrogens is 174 g/mol. The summed E-state index contributed by atoms with van der Waals surface area (Å²) in [5.74, 6) is -0.481. The Kier molecular flexibility index (Phi) is 6.78. The minimum atomic E-state index is -0.481. The molecule has 0 fully saturated rings. The van der Waals surface area contributed by atoms with Crippen molar-refractivity contribution < 1.29 is 4.79 Å². The molecule has 0 heterocycles. The Balaban J connectivity index is 0.000000292. The first-order chi connectivity index (χ1) is 6.70. The molecule has 0 atom stereocenters. The second kappa shape index (κ2) is 7.80. The van der Waals surface area contributed by atoms with Crippen LogP contribution in [-0.4, -0.2) is 5.91 Å². The summed E-state index contributed by atoms with van der Waals surface area (Å²) in [5, 5.41) is 0. The second-order valence-corrected chi connectivity index (χ2v) is 2.58. The number of amides is 1. The van der Waals surface area contributed by atoms with Crippen LogP contribution >= 0.6 is 0 Å². The van der Waals surface area contributed by atoms with E-state index in [0.717, 1.165) is 12.5 Å². The van der Waals surface area contributed by atoms with E-state index in [2.05, 4.69) is 31.0 Å². The van der Waals surface area contributed by atoms with Gasteiger partial charge in [-0.3, -0.25) is 4.79 Å². The van der Waals surface area contributed by atoms with Gasteiger partial charge in [0.25, 0.3) is 0 Å². The van der Waals surface area contributed by atoms with Crippen molar-refractivity contribution in [1.82, 2.24) is 0 Å². The minimum Gasteiger partial charge on any atom is -0.366 e. The lowest BCUT2D eigenvalue weighted by atomic mass is 10.2. The van der Waals surface area contributed by atoms with E-state index in [-0.39, 0.29) is 0 Å². The lowest BCUT2D eigenvalue weighted by molar-refractivity contribution is -0.113. The molecular formula is C12H15NO. The number of hydrogen-bond acceptors (Lipinski definition) is 1. The van der Waals surface area contributed by atoms with E-state index in [4.69, 9.17) is 0 Å². The molecule has 2 N–H and O–H groups in total. The lowest BCUT2D eigenvalue weighted by Crippen LogP contribution is -2.04. The Morgan fingerprint density at radius 2 is 1.79 bits per heavy atom. The summed E-state index contributed by atoms with van der Waals surface area (Å²) in [4.78, 5) is 9.47. The zero-order chi connectivity index (χ0) is 10.8. The van der Waals surface area contributed by atoms with Gasteiger partial charge in [0.2, 0.25) is 5.91 Å². The Morgan fingerprint density at radius 3 is 2.14 bits per heavy atom. The summed E-state index contributed by atoms with van der Waals surface area (Å²) in [6.45, 7) is 6.74. The van der Waals surface area contributed by atoms with Crippen LogP contribution in [0.1, 0.15) is 5.56 Å². The van der Waals surface area contributed by atoms with E-state index in [1.807, 2.05) is 24.3 Å². The van der Waals surface area contributed by atoms with Gasteiger partial charge in [-0.25, -0.2) is 0 Å². The Hall–Kier alpha value is -1.83. The summed E-state index contributed by atoms with van der Waals surface area (Å²) in [6, 6.07) is 10.3. The first-order valence-electron chi connectivity index (χ1n) is 4.27. The molecule has 2 heteroatoms. The molecule has 0 bridgehead atoms. The summed E-state index contributed by atoms with van der Waals surface area (Å²) in [7, 11) is 0. The third kappa shape index (κ3) is 6.85. The van der Waals surface area contributed by atoms with Gasteiger partial charge in [-0.05, 0) is 18.1 Å². The summed E-state index contributed by atoms with van der Waals surface area (Å²) in [6.07, 6.45) is 3.94. The Bertz CT molecular complexity index is 290. The molecule has 1 aromatic rings. The molecule has 1 aromatic carbocycles. The van der Waals surface area contributed by atoms with Crippen LogP contribution in [0.15, 0.2) is 55.6 Å². The SMILES string of the molecule is C=CC(N)=O.C=CCc1ccccc1. The van der Waals surface area contributed by atoms with Crippen molar-refractivity contribution in [2.24, 2.45) is 5.73 Å². The van der Waals surface area contributed by atoms with E-state index < -0.39 is 5.91 Å². The van der Waals surface area contributed by atoms with Crippen LogP contribution in [0.2, 0.25) is 0 Å². The van der Waals surface area contributed by atoms with E-state index in [1.54, 1.807) is 0 Å². The number of nitrogens with two attached hydrogens (primary N) is 1. The van der Waals surface area contributed by atoms with Gasteiger partial charge < -0.3 is 5.73 Å². The van der Waals surface area contributed by atoms with Gasteiger partial charge in [-0.1, -0.05) is 43.0 Å². The average molecular weight is 189 g/mol. The van der Waals surface area contributed by atoms with Crippen LogP contribution in [0.3, 0.4) is 0 Å². The number of hydrogen-bond donors (Lipinski definition) is 1. The maximum absolute atomic E-state index is 9.47. The Morgan fingerprint density at radius 1 is 1.29 bits per heavy atom. The number of benzene rings is 1. The molecule has 0 aromatic heterocycles. The highest BCUT2D eigenvalue weighted by molar-refractivity contribution is 5.84.